The maximum atomic E-state index is 16.9. The van der Waals surface area contributed by atoms with Crippen LogP contribution < -0.4 is 15.0 Å². The normalized spacial score (nSPS) is 24.9. The minimum atomic E-state index is -0.590. The Kier molecular flexibility index (Phi) is 7.53. The molecule has 4 fully saturated rings. The fraction of sp³-hybridized carbons (Fsp3) is 0.447. The number of anilines is 1. The highest BCUT2D eigenvalue weighted by atomic mass is 19.1. The smallest absolute Gasteiger partial charge is 0.319 e. The number of nitrogens with zero attached hydrogens (tertiary/aromatic N) is 5. The van der Waals surface area contributed by atoms with Crippen molar-refractivity contribution in [2.75, 3.05) is 37.7 Å². The van der Waals surface area contributed by atoms with E-state index in [4.69, 9.17) is 21.1 Å². The van der Waals surface area contributed by atoms with Gasteiger partial charge in [-0.25, -0.2) is 4.39 Å². The third-order valence-corrected chi connectivity index (χ3v) is 10.6. The van der Waals surface area contributed by atoms with Crippen LogP contribution in [0.5, 0.6) is 11.8 Å². The molecule has 2 aromatic carbocycles. The van der Waals surface area contributed by atoms with E-state index in [1.165, 1.54) is 11.6 Å². The number of nitrogens with one attached hydrogen (secondary N) is 1. The van der Waals surface area contributed by atoms with Crippen molar-refractivity contribution in [3.05, 3.63) is 59.6 Å². The first-order valence-corrected chi connectivity index (χ1v) is 17.0. The number of piperazine rings is 1. The Hall–Kier alpha value is -4.26. The van der Waals surface area contributed by atoms with Crippen LogP contribution in [-0.4, -0.2) is 75.4 Å². The molecule has 3 unspecified atom stereocenters. The SMILES string of the molecule is C#Cc1cccc2cc(O)cc(-c3ncc4c(N5CC6CCC(C5)N6)nc(OCC56CCCN5CC(=CCC(C)C)C6)nc4c3F)c12. The van der Waals surface area contributed by atoms with E-state index < -0.39 is 5.82 Å². The fourth-order valence-corrected chi connectivity index (χ4v) is 8.32. The minimum Gasteiger partial charge on any atom is -0.508 e. The number of aromatic nitrogens is 3. The lowest BCUT2D eigenvalue weighted by Crippen LogP contribution is -2.51. The summed E-state index contributed by atoms with van der Waals surface area (Å²) in [6, 6.07) is 9.54. The molecule has 2 aromatic heterocycles. The van der Waals surface area contributed by atoms with Crippen molar-refractivity contribution in [3.8, 4) is 35.4 Å². The number of rotatable bonds is 7. The van der Waals surface area contributed by atoms with E-state index in [1.54, 1.807) is 12.3 Å². The number of fused-ring (bicyclic) bond motifs is 5. The number of terminal acetylenes is 1. The average Bonchev–Trinajstić information content (AvgIpc) is 3.73. The summed E-state index contributed by atoms with van der Waals surface area (Å²) in [7, 11) is 0. The second kappa shape index (κ2) is 11.8. The standard InChI is InChI=1S/C38H41FN6O2/c1-4-25-7-5-8-26-15-29(46)16-30(32(25)26)34-33(39)35-31(18-40-34)36(44-20-27-11-12-28(21-44)41-27)43-37(42-35)47-22-38-13-6-14-45(38)19-24(17-38)10-9-23(2)3/h1,5,7-8,10,15-16,18,23,27-28,41,46H,6,9,11-14,17,19-22H2,2-3H3. The topological polar surface area (TPSA) is 86.6 Å². The highest BCUT2D eigenvalue weighted by Crippen LogP contribution is 2.43. The predicted molar refractivity (Wildman–Crippen MR) is 183 cm³/mol. The van der Waals surface area contributed by atoms with Crippen LogP contribution in [0.2, 0.25) is 0 Å². The summed E-state index contributed by atoms with van der Waals surface area (Å²) in [5.41, 5.74) is 2.63. The Morgan fingerprint density at radius 3 is 2.83 bits per heavy atom. The molecule has 2 bridgehead atoms. The Labute approximate surface area is 275 Å². The molecule has 4 aromatic rings. The van der Waals surface area contributed by atoms with Crippen molar-refractivity contribution in [2.45, 2.75) is 70.0 Å². The van der Waals surface area contributed by atoms with Crippen molar-refractivity contribution < 1.29 is 14.2 Å². The molecule has 242 valence electrons. The first-order valence-electron chi connectivity index (χ1n) is 17.0. The fourth-order valence-electron chi connectivity index (χ4n) is 8.32. The van der Waals surface area contributed by atoms with Gasteiger partial charge in [-0.05, 0) is 74.6 Å². The van der Waals surface area contributed by atoms with Crippen LogP contribution in [0.4, 0.5) is 10.2 Å². The van der Waals surface area contributed by atoms with E-state index >= 15 is 4.39 Å². The van der Waals surface area contributed by atoms with Gasteiger partial charge in [-0.1, -0.05) is 43.5 Å². The van der Waals surface area contributed by atoms with E-state index in [0.29, 0.717) is 57.7 Å². The number of phenols is 1. The minimum absolute atomic E-state index is 0.00501. The summed E-state index contributed by atoms with van der Waals surface area (Å²) in [6.07, 6.45) is 16.4. The van der Waals surface area contributed by atoms with Crippen LogP contribution in [0, 0.1) is 24.1 Å². The number of pyridine rings is 1. The maximum Gasteiger partial charge on any atom is 0.319 e. The molecule has 4 aliphatic heterocycles. The van der Waals surface area contributed by atoms with Crippen LogP contribution in [0.15, 0.2) is 48.2 Å². The molecular formula is C38H41FN6O2. The number of hydrogen-bond acceptors (Lipinski definition) is 8. The number of hydrogen-bond donors (Lipinski definition) is 2. The summed E-state index contributed by atoms with van der Waals surface area (Å²) in [5.74, 6) is 3.40. The Balaban J connectivity index is 1.22. The van der Waals surface area contributed by atoms with E-state index in [0.717, 1.165) is 64.7 Å². The van der Waals surface area contributed by atoms with Gasteiger partial charge in [0.1, 0.15) is 29.4 Å². The molecule has 8 nitrogen and oxygen atoms in total. The lowest BCUT2D eigenvalue weighted by molar-refractivity contribution is 0.108. The van der Waals surface area contributed by atoms with Crippen molar-refractivity contribution in [1.82, 2.24) is 25.2 Å². The Morgan fingerprint density at radius 2 is 2.04 bits per heavy atom. The van der Waals surface area contributed by atoms with Crippen LogP contribution in [0.25, 0.3) is 32.9 Å². The third kappa shape index (κ3) is 5.38. The molecule has 8 rings (SSSR count). The molecule has 47 heavy (non-hydrogen) atoms. The second-order valence-electron chi connectivity index (χ2n) is 14.3. The van der Waals surface area contributed by atoms with Gasteiger partial charge in [0.05, 0.1) is 10.9 Å². The molecule has 3 atom stereocenters. The van der Waals surface area contributed by atoms with Gasteiger partial charge in [0, 0.05) is 54.4 Å². The molecular weight excluding hydrogens is 591 g/mol. The number of phenolic OH excluding ortho intramolecular Hbond substituents is 1. The van der Waals surface area contributed by atoms with Crippen LogP contribution in [0.3, 0.4) is 0 Å². The molecule has 0 spiro atoms. The molecule has 4 aliphatic rings. The quantitative estimate of drug-likeness (QED) is 0.184. The van der Waals surface area contributed by atoms with Gasteiger partial charge in [0.15, 0.2) is 5.82 Å². The van der Waals surface area contributed by atoms with Gasteiger partial charge in [-0.3, -0.25) is 9.88 Å². The lowest BCUT2D eigenvalue weighted by atomic mass is 9.92. The molecule has 0 aliphatic carbocycles. The highest BCUT2D eigenvalue weighted by Gasteiger charge is 2.47. The zero-order valence-corrected chi connectivity index (χ0v) is 27.1. The average molecular weight is 633 g/mol. The third-order valence-electron chi connectivity index (χ3n) is 10.6. The number of aromatic hydroxyl groups is 1. The predicted octanol–water partition coefficient (Wildman–Crippen LogP) is 6.20. The number of allylic oxidation sites excluding steroid dienone is 1. The van der Waals surface area contributed by atoms with Gasteiger partial charge in [-0.2, -0.15) is 9.97 Å². The molecule has 4 saturated heterocycles. The van der Waals surface area contributed by atoms with Crippen molar-refractivity contribution >= 4 is 27.5 Å². The maximum absolute atomic E-state index is 16.9. The summed E-state index contributed by atoms with van der Waals surface area (Å²) in [4.78, 5) is 19.1. The monoisotopic (exact) mass is 632 g/mol. The van der Waals surface area contributed by atoms with Crippen LogP contribution >= 0.6 is 0 Å². The summed E-state index contributed by atoms with van der Waals surface area (Å²) < 4.78 is 23.4. The van der Waals surface area contributed by atoms with Gasteiger partial charge in [0.25, 0.3) is 0 Å². The molecule has 0 saturated carbocycles. The second-order valence-corrected chi connectivity index (χ2v) is 14.3. The van der Waals surface area contributed by atoms with E-state index in [2.05, 4.69) is 45.9 Å². The molecule has 0 radical (unpaired) electrons. The lowest BCUT2D eigenvalue weighted by Gasteiger charge is -2.34. The van der Waals surface area contributed by atoms with Crippen molar-refractivity contribution in [2.24, 2.45) is 5.92 Å². The zero-order chi connectivity index (χ0) is 32.3. The van der Waals surface area contributed by atoms with Gasteiger partial charge >= 0.3 is 6.01 Å². The van der Waals surface area contributed by atoms with Gasteiger partial charge < -0.3 is 20.1 Å². The molecule has 2 N–H and O–H groups in total. The highest BCUT2D eigenvalue weighted by molar-refractivity contribution is 6.02. The Bertz CT molecular complexity index is 1940. The zero-order valence-electron chi connectivity index (χ0n) is 27.1. The number of halogens is 1. The van der Waals surface area contributed by atoms with Gasteiger partial charge in [-0.15, -0.1) is 6.42 Å². The van der Waals surface area contributed by atoms with E-state index in [-0.39, 0.29) is 28.5 Å². The van der Waals surface area contributed by atoms with Crippen LogP contribution in [-0.2, 0) is 0 Å². The van der Waals surface area contributed by atoms with Crippen molar-refractivity contribution in [1.29, 1.82) is 0 Å². The number of benzene rings is 2. The molecule has 9 heteroatoms. The van der Waals surface area contributed by atoms with Crippen molar-refractivity contribution in [3.63, 3.8) is 0 Å². The first-order chi connectivity index (χ1) is 22.8. The molecule has 0 amide bonds. The van der Waals surface area contributed by atoms with E-state index in [9.17, 15) is 5.11 Å². The number of ether oxygens (including phenoxy) is 1. The van der Waals surface area contributed by atoms with Gasteiger partial charge in [0.2, 0.25) is 0 Å². The summed E-state index contributed by atoms with van der Waals surface area (Å²) in [5, 5.41) is 16.2. The first kappa shape index (κ1) is 30.1. The van der Waals surface area contributed by atoms with E-state index in [1.807, 2.05) is 18.2 Å². The summed E-state index contributed by atoms with van der Waals surface area (Å²) >= 11 is 0. The van der Waals surface area contributed by atoms with Crippen LogP contribution in [0.1, 0.15) is 57.9 Å². The molecule has 6 heterocycles. The Morgan fingerprint density at radius 1 is 1.21 bits per heavy atom. The summed E-state index contributed by atoms with van der Waals surface area (Å²) in [6.45, 7) is 8.53. The largest absolute Gasteiger partial charge is 0.508 e.